The zero-order chi connectivity index (χ0) is 15.7. The average Bonchev–Trinajstić information content (AvgIpc) is 3.14. The summed E-state index contributed by atoms with van der Waals surface area (Å²) in [4.78, 5) is 18.6. The first-order valence-corrected chi connectivity index (χ1v) is 9.28. The van der Waals surface area contributed by atoms with E-state index in [9.17, 15) is 4.79 Å². The Hall–Kier alpha value is -1.45. The van der Waals surface area contributed by atoms with Crippen molar-refractivity contribution in [2.24, 2.45) is 0 Å². The molecule has 0 aromatic carbocycles. The van der Waals surface area contributed by atoms with Gasteiger partial charge in [-0.1, -0.05) is 23.1 Å². The minimum atomic E-state index is -0.0258. The van der Waals surface area contributed by atoms with Gasteiger partial charge in [0.15, 0.2) is 9.30 Å². The maximum absolute atomic E-state index is 11.9. The van der Waals surface area contributed by atoms with Crippen LogP contribution in [-0.2, 0) is 11.3 Å². The monoisotopic (exact) mass is 353 g/mol. The zero-order valence-corrected chi connectivity index (χ0v) is 14.9. The number of imidazole rings is 1. The number of nitrogens with one attached hydrogen (secondary N) is 1. The van der Waals surface area contributed by atoms with Crippen molar-refractivity contribution in [3.05, 3.63) is 27.5 Å². The number of aryl methyl sites for hydroxylation is 3. The predicted octanol–water partition coefficient (Wildman–Crippen LogP) is 2.58. The van der Waals surface area contributed by atoms with Crippen molar-refractivity contribution in [3.8, 4) is 0 Å². The highest BCUT2D eigenvalue weighted by atomic mass is 32.2. The first kappa shape index (κ1) is 15.4. The molecule has 1 amide bonds. The van der Waals surface area contributed by atoms with Crippen LogP contribution in [0, 0.1) is 20.8 Å². The minimum absolute atomic E-state index is 0.0258. The smallest absolute Gasteiger partial charge is 0.230 e. The average molecular weight is 353 g/mol. The summed E-state index contributed by atoms with van der Waals surface area (Å²) in [6, 6.07) is 0. The van der Waals surface area contributed by atoms with Crippen molar-refractivity contribution in [1.29, 1.82) is 0 Å². The Balaban J connectivity index is 1.53. The molecule has 6 nitrogen and oxygen atoms in total. The van der Waals surface area contributed by atoms with Crippen LogP contribution in [0.25, 0.3) is 4.96 Å². The predicted molar refractivity (Wildman–Crippen MR) is 89.8 cm³/mol. The van der Waals surface area contributed by atoms with E-state index in [4.69, 9.17) is 0 Å². The summed E-state index contributed by atoms with van der Waals surface area (Å²) < 4.78 is 2.89. The number of hydrogen-bond acceptors (Lipinski definition) is 7. The third-order valence-electron chi connectivity index (χ3n) is 3.14. The van der Waals surface area contributed by atoms with Crippen molar-refractivity contribution in [2.45, 2.75) is 31.7 Å². The highest BCUT2D eigenvalue weighted by Gasteiger charge is 2.10. The fourth-order valence-corrected chi connectivity index (χ4v) is 4.51. The molecule has 0 fully saturated rings. The number of aromatic nitrogens is 4. The molecular weight excluding hydrogens is 338 g/mol. The van der Waals surface area contributed by atoms with E-state index in [0.717, 1.165) is 20.0 Å². The van der Waals surface area contributed by atoms with Crippen molar-refractivity contribution in [3.63, 3.8) is 0 Å². The lowest BCUT2D eigenvalue weighted by Crippen LogP contribution is -2.24. The fourth-order valence-electron chi connectivity index (χ4n) is 1.89. The second kappa shape index (κ2) is 6.35. The number of nitrogens with zero attached hydrogens (tertiary/aromatic N) is 4. The van der Waals surface area contributed by atoms with Gasteiger partial charge in [0.1, 0.15) is 5.01 Å². The van der Waals surface area contributed by atoms with Gasteiger partial charge in [-0.05, 0) is 20.8 Å². The van der Waals surface area contributed by atoms with Crippen LogP contribution in [0.15, 0.2) is 10.5 Å². The van der Waals surface area contributed by atoms with E-state index in [2.05, 4.69) is 38.7 Å². The quantitative estimate of drug-likeness (QED) is 0.714. The molecule has 0 radical (unpaired) electrons. The lowest BCUT2D eigenvalue weighted by molar-refractivity contribution is -0.118. The Morgan fingerprint density at radius 3 is 2.82 bits per heavy atom. The summed E-state index contributed by atoms with van der Waals surface area (Å²) in [5, 5.41) is 11.7. The molecule has 3 aromatic rings. The van der Waals surface area contributed by atoms with Crippen molar-refractivity contribution in [1.82, 2.24) is 24.9 Å². The summed E-state index contributed by atoms with van der Waals surface area (Å²) in [5.41, 5.74) is 2.08. The molecule has 9 heteroatoms. The lowest BCUT2D eigenvalue weighted by atomic mass is 10.4. The number of carbonyl (C=O) groups is 1. The normalized spacial score (nSPS) is 11.2. The molecule has 0 atom stereocenters. The maximum Gasteiger partial charge on any atom is 0.230 e. The SMILES string of the molecule is Cc1nnc(SCC(=O)NCc2cn3c(C)c(C)sc3n2)s1. The van der Waals surface area contributed by atoms with Crippen LogP contribution >= 0.6 is 34.4 Å². The highest BCUT2D eigenvalue weighted by Crippen LogP contribution is 2.22. The first-order chi connectivity index (χ1) is 10.5. The summed E-state index contributed by atoms with van der Waals surface area (Å²) in [5.74, 6) is 0.316. The standard InChI is InChI=1S/C13H15N5OS3/c1-7-8(2)21-12-15-10(5-18(7)12)4-14-11(19)6-20-13-17-16-9(3)22-13/h5H,4,6H2,1-3H3,(H,14,19). The molecule has 0 aliphatic rings. The van der Waals surface area contributed by atoms with E-state index in [-0.39, 0.29) is 5.91 Å². The Labute approximate surface area is 140 Å². The number of carbonyl (C=O) groups excluding carboxylic acids is 1. The Kier molecular flexibility index (Phi) is 4.46. The number of hydrogen-bond donors (Lipinski definition) is 1. The van der Waals surface area contributed by atoms with Gasteiger partial charge >= 0.3 is 0 Å². The summed E-state index contributed by atoms with van der Waals surface area (Å²) in [6.07, 6.45) is 1.98. The van der Waals surface area contributed by atoms with Gasteiger partial charge in [-0.2, -0.15) is 0 Å². The summed E-state index contributed by atoms with van der Waals surface area (Å²) in [6.45, 7) is 6.50. The third-order valence-corrected chi connectivity index (χ3v) is 6.18. The molecule has 0 saturated heterocycles. The van der Waals surface area contributed by atoms with Crippen LogP contribution in [0.4, 0.5) is 0 Å². The van der Waals surface area contributed by atoms with Crippen molar-refractivity contribution >= 4 is 45.3 Å². The van der Waals surface area contributed by atoms with Gasteiger partial charge in [-0.3, -0.25) is 9.20 Å². The highest BCUT2D eigenvalue weighted by molar-refractivity contribution is 8.01. The van der Waals surface area contributed by atoms with E-state index in [1.54, 1.807) is 11.3 Å². The molecular formula is C13H15N5OS3. The molecule has 22 heavy (non-hydrogen) atoms. The third kappa shape index (κ3) is 3.31. The van der Waals surface area contributed by atoms with Crippen LogP contribution in [0.5, 0.6) is 0 Å². The van der Waals surface area contributed by atoms with Gasteiger partial charge in [-0.25, -0.2) is 4.98 Å². The molecule has 3 heterocycles. The van der Waals surface area contributed by atoms with E-state index in [0.29, 0.717) is 12.3 Å². The van der Waals surface area contributed by atoms with Crippen LogP contribution in [0.3, 0.4) is 0 Å². The minimum Gasteiger partial charge on any atom is -0.350 e. The molecule has 3 aromatic heterocycles. The van der Waals surface area contributed by atoms with Gasteiger partial charge in [0.2, 0.25) is 5.91 Å². The molecule has 116 valence electrons. The van der Waals surface area contributed by atoms with Crippen LogP contribution < -0.4 is 5.32 Å². The molecule has 3 rings (SSSR count). The number of thioether (sulfide) groups is 1. The number of fused-ring (bicyclic) bond motifs is 1. The number of thiazole rings is 1. The van der Waals surface area contributed by atoms with Crippen LogP contribution in [0.2, 0.25) is 0 Å². The van der Waals surface area contributed by atoms with Gasteiger partial charge in [0.05, 0.1) is 18.0 Å². The topological polar surface area (TPSA) is 72.2 Å². The van der Waals surface area contributed by atoms with Gasteiger partial charge in [-0.15, -0.1) is 21.5 Å². The molecule has 0 aliphatic heterocycles. The van der Waals surface area contributed by atoms with E-state index in [1.807, 2.05) is 13.1 Å². The Morgan fingerprint density at radius 1 is 1.32 bits per heavy atom. The van der Waals surface area contributed by atoms with Gasteiger partial charge in [0.25, 0.3) is 0 Å². The van der Waals surface area contributed by atoms with E-state index in [1.165, 1.54) is 33.7 Å². The van der Waals surface area contributed by atoms with Crippen molar-refractivity contribution in [2.75, 3.05) is 5.75 Å². The molecule has 0 saturated carbocycles. The summed E-state index contributed by atoms with van der Waals surface area (Å²) >= 11 is 4.57. The fraction of sp³-hybridized carbons (Fsp3) is 0.385. The summed E-state index contributed by atoms with van der Waals surface area (Å²) in [7, 11) is 0. The molecule has 1 N–H and O–H groups in total. The Morgan fingerprint density at radius 2 is 2.14 bits per heavy atom. The van der Waals surface area contributed by atoms with E-state index < -0.39 is 0 Å². The number of amides is 1. The van der Waals surface area contributed by atoms with Crippen molar-refractivity contribution < 1.29 is 4.79 Å². The Bertz CT molecular complexity index is 819. The lowest BCUT2D eigenvalue weighted by Gasteiger charge is -2.01. The zero-order valence-electron chi connectivity index (χ0n) is 12.4. The van der Waals surface area contributed by atoms with Crippen LogP contribution in [-0.4, -0.2) is 31.2 Å². The first-order valence-electron chi connectivity index (χ1n) is 6.66. The second-order valence-electron chi connectivity index (χ2n) is 4.78. The molecule has 0 spiro atoms. The van der Waals surface area contributed by atoms with Gasteiger partial charge < -0.3 is 5.32 Å². The molecule has 0 unspecified atom stereocenters. The van der Waals surface area contributed by atoms with Crippen LogP contribution in [0.1, 0.15) is 21.3 Å². The maximum atomic E-state index is 11.9. The second-order valence-corrected chi connectivity index (χ2v) is 8.37. The molecule has 0 bridgehead atoms. The number of rotatable bonds is 5. The van der Waals surface area contributed by atoms with Gasteiger partial charge in [0, 0.05) is 16.8 Å². The van der Waals surface area contributed by atoms with E-state index >= 15 is 0 Å². The largest absolute Gasteiger partial charge is 0.350 e. The molecule has 0 aliphatic carbocycles.